The summed E-state index contributed by atoms with van der Waals surface area (Å²) in [6.07, 6.45) is 12.0. The number of aryl methyl sites for hydroxylation is 1. The van der Waals surface area contributed by atoms with E-state index in [1.54, 1.807) is 5.57 Å². The lowest BCUT2D eigenvalue weighted by atomic mass is 9.87. The van der Waals surface area contributed by atoms with Crippen LogP contribution in [0.15, 0.2) is 24.3 Å². The third-order valence-electron chi connectivity index (χ3n) is 4.23. The zero-order valence-electron chi connectivity index (χ0n) is 10.4. The van der Waals surface area contributed by atoms with Gasteiger partial charge in [0.05, 0.1) is 0 Å². The van der Waals surface area contributed by atoms with Gasteiger partial charge in [-0.25, -0.2) is 0 Å². The van der Waals surface area contributed by atoms with E-state index in [1.807, 2.05) is 6.07 Å². The highest BCUT2D eigenvalue weighted by molar-refractivity contribution is 5.74. The molecule has 2 N–H and O–H groups in total. The minimum Gasteiger partial charge on any atom is -0.399 e. The molecule has 0 amide bonds. The van der Waals surface area contributed by atoms with Crippen molar-refractivity contribution in [1.29, 1.82) is 0 Å². The maximum atomic E-state index is 5.84. The Morgan fingerprint density at radius 1 is 1.06 bits per heavy atom. The molecular weight excluding hydrogens is 206 g/mol. The lowest BCUT2D eigenvalue weighted by molar-refractivity contribution is 0.420. The second-order valence-corrected chi connectivity index (χ2v) is 5.51. The van der Waals surface area contributed by atoms with Crippen LogP contribution in [0, 0.1) is 5.92 Å². The van der Waals surface area contributed by atoms with E-state index in [4.69, 9.17) is 5.73 Å². The topological polar surface area (TPSA) is 26.0 Å². The number of allylic oxidation sites excluding steroid dienone is 2. The highest BCUT2D eigenvalue weighted by Gasteiger charge is 2.18. The fraction of sp³-hybridized carbons (Fsp3) is 0.500. The summed E-state index contributed by atoms with van der Waals surface area (Å²) in [5.41, 5.74) is 11.2. The first-order chi connectivity index (χ1) is 8.33. The van der Waals surface area contributed by atoms with Gasteiger partial charge in [-0.2, -0.15) is 0 Å². The Balaban J connectivity index is 1.84. The summed E-state index contributed by atoms with van der Waals surface area (Å²) >= 11 is 0. The number of benzene rings is 1. The number of hydrogen-bond acceptors (Lipinski definition) is 1. The van der Waals surface area contributed by atoms with Crippen molar-refractivity contribution in [3.63, 3.8) is 0 Å². The van der Waals surface area contributed by atoms with Crippen LogP contribution in [0.3, 0.4) is 0 Å². The molecule has 2 aliphatic carbocycles. The minimum atomic E-state index is 0.835. The second-order valence-electron chi connectivity index (χ2n) is 5.51. The maximum Gasteiger partial charge on any atom is 0.0317 e. The van der Waals surface area contributed by atoms with E-state index in [0.29, 0.717) is 0 Å². The molecule has 1 saturated carbocycles. The smallest absolute Gasteiger partial charge is 0.0317 e. The van der Waals surface area contributed by atoms with Gasteiger partial charge in [-0.3, -0.25) is 0 Å². The van der Waals surface area contributed by atoms with Crippen LogP contribution < -0.4 is 5.73 Å². The van der Waals surface area contributed by atoms with E-state index < -0.39 is 0 Å². The van der Waals surface area contributed by atoms with Crippen LogP contribution in [-0.2, 0) is 6.42 Å². The molecule has 0 unspecified atom stereocenters. The van der Waals surface area contributed by atoms with E-state index in [1.165, 1.54) is 56.1 Å². The van der Waals surface area contributed by atoms with Gasteiger partial charge in [0.2, 0.25) is 0 Å². The first-order valence-electron chi connectivity index (χ1n) is 6.92. The van der Waals surface area contributed by atoms with Gasteiger partial charge in [-0.15, -0.1) is 0 Å². The Labute approximate surface area is 104 Å². The second kappa shape index (κ2) is 4.56. The zero-order chi connectivity index (χ0) is 11.7. The van der Waals surface area contributed by atoms with Crippen LogP contribution in [0.1, 0.15) is 49.7 Å². The molecule has 0 saturated heterocycles. The van der Waals surface area contributed by atoms with Crippen molar-refractivity contribution in [1.82, 2.24) is 0 Å². The molecule has 17 heavy (non-hydrogen) atoms. The predicted molar refractivity (Wildman–Crippen MR) is 73.7 cm³/mol. The largest absolute Gasteiger partial charge is 0.399 e. The molecule has 0 heterocycles. The number of nitrogens with two attached hydrogens (primary N) is 1. The quantitative estimate of drug-likeness (QED) is 0.716. The zero-order valence-corrected chi connectivity index (χ0v) is 10.4. The fourth-order valence-electron chi connectivity index (χ4n) is 3.30. The van der Waals surface area contributed by atoms with E-state index in [0.717, 1.165) is 11.6 Å². The minimum absolute atomic E-state index is 0.835. The molecule has 90 valence electrons. The average molecular weight is 227 g/mol. The predicted octanol–water partition coefficient (Wildman–Crippen LogP) is 4.18. The molecular formula is C16H21N. The summed E-state index contributed by atoms with van der Waals surface area (Å²) in [4.78, 5) is 0. The monoisotopic (exact) mass is 227 g/mol. The molecule has 2 aliphatic rings. The van der Waals surface area contributed by atoms with Crippen molar-refractivity contribution in [2.24, 2.45) is 5.92 Å². The molecule has 0 radical (unpaired) electrons. The van der Waals surface area contributed by atoms with Crippen LogP contribution in [0.5, 0.6) is 0 Å². The summed E-state index contributed by atoms with van der Waals surface area (Å²) < 4.78 is 0. The first kappa shape index (κ1) is 10.9. The Morgan fingerprint density at radius 3 is 2.71 bits per heavy atom. The molecule has 1 aromatic rings. The van der Waals surface area contributed by atoms with Gasteiger partial charge >= 0.3 is 0 Å². The van der Waals surface area contributed by atoms with Gasteiger partial charge in [-0.1, -0.05) is 31.4 Å². The van der Waals surface area contributed by atoms with E-state index >= 15 is 0 Å². The molecule has 0 atom stereocenters. The standard InChI is InChI=1S/C16H21N/c17-15-8-9-16-13(6-7-14(16)11-15)10-12-4-2-1-3-5-12/h8-12H,1-7,17H2. The fourth-order valence-corrected chi connectivity index (χ4v) is 3.30. The van der Waals surface area contributed by atoms with Crippen LogP contribution in [-0.4, -0.2) is 0 Å². The summed E-state index contributed by atoms with van der Waals surface area (Å²) in [5, 5.41) is 0. The molecule has 0 aliphatic heterocycles. The van der Waals surface area contributed by atoms with Crippen molar-refractivity contribution in [2.75, 3.05) is 5.73 Å². The first-order valence-corrected chi connectivity index (χ1v) is 6.92. The van der Waals surface area contributed by atoms with Crippen molar-refractivity contribution in [3.8, 4) is 0 Å². The highest BCUT2D eigenvalue weighted by Crippen LogP contribution is 2.36. The lowest BCUT2D eigenvalue weighted by Crippen LogP contribution is -2.03. The number of rotatable bonds is 1. The summed E-state index contributed by atoms with van der Waals surface area (Å²) in [6, 6.07) is 6.40. The van der Waals surface area contributed by atoms with E-state index in [9.17, 15) is 0 Å². The molecule has 0 aromatic heterocycles. The van der Waals surface area contributed by atoms with Crippen LogP contribution in [0.25, 0.3) is 5.57 Å². The molecule has 1 heteroatoms. The Bertz CT molecular complexity index is 439. The summed E-state index contributed by atoms with van der Waals surface area (Å²) in [5.74, 6) is 0.835. The summed E-state index contributed by atoms with van der Waals surface area (Å²) in [7, 11) is 0. The number of fused-ring (bicyclic) bond motifs is 1. The highest BCUT2D eigenvalue weighted by atomic mass is 14.5. The molecule has 1 aromatic carbocycles. The van der Waals surface area contributed by atoms with Crippen molar-refractivity contribution >= 4 is 11.3 Å². The third-order valence-corrected chi connectivity index (χ3v) is 4.23. The van der Waals surface area contributed by atoms with Gasteiger partial charge < -0.3 is 5.73 Å². The van der Waals surface area contributed by atoms with Crippen LogP contribution in [0.2, 0.25) is 0 Å². The van der Waals surface area contributed by atoms with Gasteiger partial charge in [0.1, 0.15) is 0 Å². The molecule has 1 nitrogen and oxygen atoms in total. The maximum absolute atomic E-state index is 5.84. The van der Waals surface area contributed by atoms with Crippen LogP contribution in [0.4, 0.5) is 5.69 Å². The Hall–Kier alpha value is -1.24. The van der Waals surface area contributed by atoms with Crippen molar-refractivity contribution in [2.45, 2.75) is 44.9 Å². The number of nitrogen functional groups attached to an aromatic ring is 1. The normalized spacial score (nSPS) is 22.9. The van der Waals surface area contributed by atoms with E-state index in [2.05, 4.69) is 18.2 Å². The van der Waals surface area contributed by atoms with Gasteiger partial charge in [0.15, 0.2) is 0 Å². The molecule has 0 spiro atoms. The van der Waals surface area contributed by atoms with Crippen molar-refractivity contribution in [3.05, 3.63) is 35.4 Å². The summed E-state index contributed by atoms with van der Waals surface area (Å²) in [6.45, 7) is 0. The molecule has 1 fully saturated rings. The third kappa shape index (κ3) is 2.24. The van der Waals surface area contributed by atoms with E-state index in [-0.39, 0.29) is 0 Å². The molecule has 0 bridgehead atoms. The van der Waals surface area contributed by atoms with Gasteiger partial charge in [0.25, 0.3) is 0 Å². The van der Waals surface area contributed by atoms with Crippen LogP contribution >= 0.6 is 0 Å². The lowest BCUT2D eigenvalue weighted by Gasteiger charge is -2.19. The molecule has 3 rings (SSSR count). The Kier molecular flexibility index (Phi) is 2.92. The van der Waals surface area contributed by atoms with Gasteiger partial charge in [-0.05, 0) is 60.4 Å². The number of anilines is 1. The van der Waals surface area contributed by atoms with Gasteiger partial charge in [0, 0.05) is 5.69 Å². The number of hydrogen-bond donors (Lipinski definition) is 1. The average Bonchev–Trinajstić information content (AvgIpc) is 2.73. The Morgan fingerprint density at radius 2 is 1.88 bits per heavy atom. The SMILES string of the molecule is Nc1ccc2c(c1)CCC2=CC1CCCCC1. The van der Waals surface area contributed by atoms with Crippen molar-refractivity contribution < 1.29 is 0 Å².